The lowest BCUT2D eigenvalue weighted by Gasteiger charge is -2.19. The van der Waals surface area contributed by atoms with Gasteiger partial charge in [0.25, 0.3) is 11.8 Å². The summed E-state index contributed by atoms with van der Waals surface area (Å²) < 4.78 is 5.41. The lowest BCUT2D eigenvalue weighted by atomic mass is 10.0. The van der Waals surface area contributed by atoms with E-state index < -0.39 is 17.9 Å². The van der Waals surface area contributed by atoms with Crippen LogP contribution in [0.15, 0.2) is 47.6 Å². The molecule has 9 heteroatoms. The van der Waals surface area contributed by atoms with Crippen LogP contribution >= 0.6 is 34.8 Å². The fourth-order valence-electron chi connectivity index (χ4n) is 2.47. The number of hydrazone groups is 1. The van der Waals surface area contributed by atoms with E-state index in [0.717, 1.165) is 0 Å². The van der Waals surface area contributed by atoms with Crippen LogP contribution in [0.5, 0.6) is 5.75 Å². The Morgan fingerprint density at radius 1 is 1.07 bits per heavy atom. The van der Waals surface area contributed by atoms with Gasteiger partial charge in [-0.1, -0.05) is 54.7 Å². The minimum absolute atomic E-state index is 0.174. The molecule has 0 unspecified atom stereocenters. The summed E-state index contributed by atoms with van der Waals surface area (Å²) in [5.41, 5.74) is 3.03. The highest BCUT2D eigenvalue weighted by Gasteiger charge is 2.22. The van der Waals surface area contributed by atoms with Gasteiger partial charge in [-0.3, -0.25) is 9.59 Å². The van der Waals surface area contributed by atoms with E-state index in [4.69, 9.17) is 39.5 Å². The largest absolute Gasteiger partial charge is 0.484 e. The van der Waals surface area contributed by atoms with Gasteiger partial charge in [0.05, 0.1) is 11.2 Å². The number of ether oxygens (including phenoxy) is 1. The highest BCUT2D eigenvalue weighted by molar-refractivity contribution is 6.36. The van der Waals surface area contributed by atoms with E-state index in [-0.39, 0.29) is 12.5 Å². The number of hydrogen-bond acceptors (Lipinski definition) is 4. The molecule has 0 heterocycles. The molecule has 2 N–H and O–H groups in total. The van der Waals surface area contributed by atoms with Crippen molar-refractivity contribution in [3.63, 3.8) is 0 Å². The average Bonchev–Trinajstić information content (AvgIpc) is 2.68. The molecule has 2 aromatic rings. The highest BCUT2D eigenvalue weighted by atomic mass is 35.5. The third kappa shape index (κ3) is 8.22. The monoisotopic (exact) mass is 469 g/mol. The molecule has 0 radical (unpaired) electrons. The standard InChI is InChI=1S/C21H22Cl3N3O3/c1-13(2)9-19(26-20(28)12-30-17-7-5-15(22)6-8-17)21(29)27-25-11-14-3-4-16(23)10-18(14)24/h3-8,10-11,13,19H,9,12H2,1-2H3,(H,26,28)(H,27,29)/b25-11-/t19-/m0/s1. The zero-order valence-electron chi connectivity index (χ0n) is 16.5. The summed E-state index contributed by atoms with van der Waals surface area (Å²) >= 11 is 17.7. The summed E-state index contributed by atoms with van der Waals surface area (Å²) in [6.45, 7) is 3.67. The number of benzene rings is 2. The van der Waals surface area contributed by atoms with Crippen molar-refractivity contribution in [3.05, 3.63) is 63.1 Å². The van der Waals surface area contributed by atoms with Crippen LogP contribution in [0, 0.1) is 5.92 Å². The molecule has 2 rings (SSSR count). The predicted octanol–water partition coefficient (Wildman–Crippen LogP) is 4.71. The molecule has 30 heavy (non-hydrogen) atoms. The molecule has 0 bridgehead atoms. The maximum Gasteiger partial charge on any atom is 0.262 e. The zero-order chi connectivity index (χ0) is 22.1. The average molecular weight is 471 g/mol. The molecule has 0 saturated heterocycles. The van der Waals surface area contributed by atoms with Crippen molar-refractivity contribution in [2.45, 2.75) is 26.3 Å². The Labute approximate surface area is 190 Å². The maximum atomic E-state index is 12.5. The van der Waals surface area contributed by atoms with Crippen molar-refractivity contribution >= 4 is 52.8 Å². The predicted molar refractivity (Wildman–Crippen MR) is 121 cm³/mol. The van der Waals surface area contributed by atoms with E-state index in [9.17, 15) is 9.59 Å². The fraction of sp³-hybridized carbons (Fsp3) is 0.286. The molecular formula is C21H22Cl3N3O3. The second-order valence-electron chi connectivity index (χ2n) is 6.89. The van der Waals surface area contributed by atoms with E-state index in [1.807, 2.05) is 13.8 Å². The SMILES string of the molecule is CC(C)C[C@H](NC(=O)COc1ccc(Cl)cc1)C(=O)N/N=C\c1ccc(Cl)cc1Cl. The molecule has 0 aromatic heterocycles. The Kier molecular flexibility index (Phi) is 9.43. The van der Waals surface area contributed by atoms with E-state index in [2.05, 4.69) is 15.8 Å². The summed E-state index contributed by atoms with van der Waals surface area (Å²) in [4.78, 5) is 24.7. The topological polar surface area (TPSA) is 79.8 Å². The molecule has 2 aromatic carbocycles. The first kappa shape index (κ1) is 24.0. The first-order valence-electron chi connectivity index (χ1n) is 9.20. The number of hydrogen-bond donors (Lipinski definition) is 2. The lowest BCUT2D eigenvalue weighted by Crippen LogP contribution is -2.47. The van der Waals surface area contributed by atoms with Crippen LogP contribution in [-0.4, -0.2) is 30.7 Å². The Bertz CT molecular complexity index is 902. The van der Waals surface area contributed by atoms with Crippen LogP contribution in [0.4, 0.5) is 0 Å². The molecule has 160 valence electrons. The summed E-state index contributed by atoms with van der Waals surface area (Å²) in [5.74, 6) is -0.183. The molecule has 0 aliphatic rings. The summed E-state index contributed by atoms with van der Waals surface area (Å²) in [5, 5.41) is 8.08. The minimum atomic E-state index is -0.760. The van der Waals surface area contributed by atoms with Crippen LogP contribution in [0.1, 0.15) is 25.8 Å². The van der Waals surface area contributed by atoms with Crippen molar-refractivity contribution in [1.82, 2.24) is 10.7 Å². The van der Waals surface area contributed by atoms with Gasteiger partial charge in [0, 0.05) is 15.6 Å². The van der Waals surface area contributed by atoms with Crippen molar-refractivity contribution in [3.8, 4) is 5.75 Å². The van der Waals surface area contributed by atoms with Crippen molar-refractivity contribution in [1.29, 1.82) is 0 Å². The van der Waals surface area contributed by atoms with Gasteiger partial charge in [0.2, 0.25) is 0 Å². The summed E-state index contributed by atoms with van der Waals surface area (Å²) in [7, 11) is 0. The van der Waals surface area contributed by atoms with E-state index in [1.54, 1.807) is 42.5 Å². The molecule has 2 amide bonds. The van der Waals surface area contributed by atoms with Crippen molar-refractivity contribution < 1.29 is 14.3 Å². The van der Waals surface area contributed by atoms with Crippen LogP contribution in [0.3, 0.4) is 0 Å². The molecule has 0 fully saturated rings. The van der Waals surface area contributed by atoms with Crippen LogP contribution in [0.2, 0.25) is 15.1 Å². The molecule has 6 nitrogen and oxygen atoms in total. The van der Waals surface area contributed by atoms with Crippen LogP contribution in [0.25, 0.3) is 0 Å². The second kappa shape index (κ2) is 11.8. The number of nitrogens with one attached hydrogen (secondary N) is 2. The normalized spacial score (nSPS) is 12.1. The first-order chi connectivity index (χ1) is 14.2. The fourth-order valence-corrected chi connectivity index (χ4v) is 3.05. The molecule has 0 spiro atoms. The van der Waals surface area contributed by atoms with Gasteiger partial charge in [0.1, 0.15) is 11.8 Å². The molecule has 1 atom stereocenters. The number of halogens is 3. The molecular weight excluding hydrogens is 449 g/mol. The van der Waals surface area contributed by atoms with E-state index >= 15 is 0 Å². The smallest absolute Gasteiger partial charge is 0.262 e. The lowest BCUT2D eigenvalue weighted by molar-refractivity contribution is -0.130. The molecule has 0 aliphatic heterocycles. The van der Waals surface area contributed by atoms with Crippen LogP contribution < -0.4 is 15.5 Å². The van der Waals surface area contributed by atoms with Crippen LogP contribution in [-0.2, 0) is 9.59 Å². The van der Waals surface area contributed by atoms with Gasteiger partial charge >= 0.3 is 0 Å². The van der Waals surface area contributed by atoms with Gasteiger partial charge in [-0.15, -0.1) is 0 Å². The van der Waals surface area contributed by atoms with Gasteiger partial charge in [0.15, 0.2) is 6.61 Å². The van der Waals surface area contributed by atoms with Gasteiger partial charge < -0.3 is 10.1 Å². The summed E-state index contributed by atoms with van der Waals surface area (Å²) in [6, 6.07) is 10.8. The van der Waals surface area contributed by atoms with E-state index in [1.165, 1.54) is 6.21 Å². The first-order valence-corrected chi connectivity index (χ1v) is 10.3. The third-order valence-corrected chi connectivity index (χ3v) is 4.70. The Morgan fingerprint density at radius 3 is 2.37 bits per heavy atom. The second-order valence-corrected chi connectivity index (χ2v) is 8.17. The van der Waals surface area contributed by atoms with Gasteiger partial charge in [-0.2, -0.15) is 5.10 Å². The van der Waals surface area contributed by atoms with E-state index in [0.29, 0.717) is 32.8 Å². The molecule has 0 saturated carbocycles. The van der Waals surface area contributed by atoms with Gasteiger partial charge in [-0.05, 0) is 48.7 Å². The number of rotatable bonds is 9. The Balaban J connectivity index is 1.92. The Morgan fingerprint density at radius 2 is 1.73 bits per heavy atom. The number of nitrogens with zero attached hydrogens (tertiary/aromatic N) is 1. The Hall–Kier alpha value is -2.28. The zero-order valence-corrected chi connectivity index (χ0v) is 18.8. The third-order valence-electron chi connectivity index (χ3n) is 3.88. The molecule has 0 aliphatic carbocycles. The maximum absolute atomic E-state index is 12.5. The number of amides is 2. The van der Waals surface area contributed by atoms with Crippen molar-refractivity contribution in [2.24, 2.45) is 11.0 Å². The minimum Gasteiger partial charge on any atom is -0.484 e. The number of carbonyl (C=O) groups is 2. The summed E-state index contributed by atoms with van der Waals surface area (Å²) in [6.07, 6.45) is 1.85. The highest BCUT2D eigenvalue weighted by Crippen LogP contribution is 2.19. The van der Waals surface area contributed by atoms with Gasteiger partial charge in [-0.25, -0.2) is 5.43 Å². The van der Waals surface area contributed by atoms with Crippen molar-refractivity contribution in [2.75, 3.05) is 6.61 Å². The number of carbonyl (C=O) groups excluding carboxylic acids is 2. The quantitative estimate of drug-likeness (QED) is 0.411.